The first-order chi connectivity index (χ1) is 8.66. The van der Waals surface area contributed by atoms with E-state index in [1.54, 1.807) is 19.1 Å². The van der Waals surface area contributed by atoms with E-state index in [0.29, 0.717) is 23.6 Å². The minimum atomic E-state index is -0.284. The normalized spacial score (nSPS) is 18.9. The van der Waals surface area contributed by atoms with E-state index in [9.17, 15) is 9.18 Å². The van der Waals surface area contributed by atoms with Gasteiger partial charge in [0.1, 0.15) is 5.82 Å². The van der Waals surface area contributed by atoms with Crippen molar-refractivity contribution in [1.82, 2.24) is 5.32 Å². The molecule has 1 fully saturated rings. The van der Waals surface area contributed by atoms with Gasteiger partial charge in [0.05, 0.1) is 0 Å². The fraction of sp³-hybridized carbons (Fsp3) is 0.500. The lowest BCUT2D eigenvalue weighted by atomic mass is 10.0. The van der Waals surface area contributed by atoms with E-state index >= 15 is 0 Å². The van der Waals surface area contributed by atoms with Crippen molar-refractivity contribution in [3.8, 4) is 0 Å². The molecular weight excluding hydrogens is 231 g/mol. The predicted molar refractivity (Wildman–Crippen MR) is 70.0 cm³/mol. The lowest BCUT2D eigenvalue weighted by Gasteiger charge is -2.10. The van der Waals surface area contributed by atoms with Gasteiger partial charge in [-0.15, -0.1) is 0 Å². The highest BCUT2D eigenvalue weighted by Crippen LogP contribution is 2.19. The van der Waals surface area contributed by atoms with Crippen molar-refractivity contribution in [2.45, 2.75) is 26.2 Å². The molecule has 2 rings (SSSR count). The van der Waals surface area contributed by atoms with Crippen molar-refractivity contribution in [3.63, 3.8) is 0 Å². The summed E-state index contributed by atoms with van der Waals surface area (Å²) >= 11 is 0. The number of amides is 1. The largest absolute Gasteiger partial charge is 0.326 e. The van der Waals surface area contributed by atoms with Gasteiger partial charge in [0, 0.05) is 17.7 Å². The summed E-state index contributed by atoms with van der Waals surface area (Å²) in [7, 11) is 0. The second-order valence-electron chi connectivity index (χ2n) is 4.86. The molecule has 0 bridgehead atoms. The van der Waals surface area contributed by atoms with Crippen LogP contribution >= 0.6 is 0 Å². The van der Waals surface area contributed by atoms with Gasteiger partial charge in [0.15, 0.2) is 0 Å². The van der Waals surface area contributed by atoms with Crippen LogP contribution in [0.2, 0.25) is 0 Å². The fourth-order valence-corrected chi connectivity index (χ4v) is 2.25. The minimum Gasteiger partial charge on any atom is -0.326 e. The molecule has 1 unspecified atom stereocenters. The average Bonchev–Trinajstić information content (AvgIpc) is 2.86. The summed E-state index contributed by atoms with van der Waals surface area (Å²) in [6.45, 7) is 3.73. The Labute approximate surface area is 107 Å². The van der Waals surface area contributed by atoms with E-state index in [1.807, 2.05) is 0 Å². The number of carbonyl (C=O) groups is 1. The molecular formula is C14H19FN2O. The minimum absolute atomic E-state index is 0.0319. The summed E-state index contributed by atoms with van der Waals surface area (Å²) in [6, 6.07) is 4.74. The van der Waals surface area contributed by atoms with E-state index in [4.69, 9.17) is 0 Å². The number of anilines is 1. The summed E-state index contributed by atoms with van der Waals surface area (Å²) in [5.41, 5.74) is 1.07. The summed E-state index contributed by atoms with van der Waals surface area (Å²) < 4.78 is 13.3. The molecule has 0 saturated carbocycles. The molecule has 4 heteroatoms. The topological polar surface area (TPSA) is 41.1 Å². The number of halogens is 1. The van der Waals surface area contributed by atoms with Crippen LogP contribution in [-0.4, -0.2) is 19.0 Å². The molecule has 1 atom stereocenters. The SMILES string of the molecule is Cc1c(F)cccc1NC(=O)CCC1CCNC1. The van der Waals surface area contributed by atoms with Crippen LogP contribution < -0.4 is 10.6 Å². The van der Waals surface area contributed by atoms with Gasteiger partial charge in [0.2, 0.25) is 5.91 Å². The zero-order valence-corrected chi connectivity index (χ0v) is 10.6. The van der Waals surface area contributed by atoms with Crippen LogP contribution in [0.3, 0.4) is 0 Å². The number of carbonyl (C=O) groups excluding carboxylic acids is 1. The van der Waals surface area contributed by atoms with Crippen molar-refractivity contribution in [2.24, 2.45) is 5.92 Å². The van der Waals surface area contributed by atoms with E-state index in [-0.39, 0.29) is 11.7 Å². The third-order valence-electron chi connectivity index (χ3n) is 3.48. The van der Waals surface area contributed by atoms with Crippen LogP contribution in [0.4, 0.5) is 10.1 Å². The monoisotopic (exact) mass is 250 g/mol. The number of hydrogen-bond donors (Lipinski definition) is 2. The van der Waals surface area contributed by atoms with Gasteiger partial charge in [-0.05, 0) is 50.9 Å². The number of nitrogens with one attached hydrogen (secondary N) is 2. The lowest BCUT2D eigenvalue weighted by molar-refractivity contribution is -0.116. The van der Waals surface area contributed by atoms with E-state index in [0.717, 1.165) is 25.9 Å². The summed E-state index contributed by atoms with van der Waals surface area (Å²) in [5.74, 6) is 0.285. The van der Waals surface area contributed by atoms with E-state index in [2.05, 4.69) is 10.6 Å². The van der Waals surface area contributed by atoms with Crippen molar-refractivity contribution >= 4 is 11.6 Å². The molecule has 1 aromatic rings. The molecule has 1 aliphatic heterocycles. The molecule has 18 heavy (non-hydrogen) atoms. The van der Waals surface area contributed by atoms with Gasteiger partial charge in [-0.3, -0.25) is 4.79 Å². The Balaban J connectivity index is 1.84. The fourth-order valence-electron chi connectivity index (χ4n) is 2.25. The van der Waals surface area contributed by atoms with Gasteiger partial charge in [-0.25, -0.2) is 4.39 Å². The predicted octanol–water partition coefficient (Wildman–Crippen LogP) is 2.46. The van der Waals surface area contributed by atoms with Crippen LogP contribution in [0, 0.1) is 18.7 Å². The molecule has 1 aliphatic rings. The zero-order chi connectivity index (χ0) is 13.0. The van der Waals surface area contributed by atoms with Gasteiger partial charge in [0.25, 0.3) is 0 Å². The van der Waals surface area contributed by atoms with E-state index < -0.39 is 0 Å². The molecule has 2 N–H and O–H groups in total. The number of benzene rings is 1. The second-order valence-corrected chi connectivity index (χ2v) is 4.86. The van der Waals surface area contributed by atoms with Crippen molar-refractivity contribution in [2.75, 3.05) is 18.4 Å². The van der Waals surface area contributed by atoms with Gasteiger partial charge < -0.3 is 10.6 Å². The Bertz CT molecular complexity index is 428. The third kappa shape index (κ3) is 3.29. The van der Waals surface area contributed by atoms with E-state index in [1.165, 1.54) is 6.07 Å². The highest BCUT2D eigenvalue weighted by molar-refractivity contribution is 5.91. The number of rotatable bonds is 4. The van der Waals surface area contributed by atoms with Gasteiger partial charge in [-0.2, -0.15) is 0 Å². The molecule has 0 aliphatic carbocycles. The quantitative estimate of drug-likeness (QED) is 0.862. The Morgan fingerprint density at radius 1 is 1.56 bits per heavy atom. The Morgan fingerprint density at radius 3 is 3.11 bits per heavy atom. The maximum absolute atomic E-state index is 13.3. The molecule has 0 aromatic heterocycles. The van der Waals surface area contributed by atoms with Crippen LogP contribution in [0.15, 0.2) is 18.2 Å². The summed E-state index contributed by atoms with van der Waals surface area (Å²) in [5, 5.41) is 6.06. The number of hydrogen-bond acceptors (Lipinski definition) is 2. The molecule has 1 heterocycles. The van der Waals surface area contributed by atoms with Crippen molar-refractivity contribution in [3.05, 3.63) is 29.6 Å². The Hall–Kier alpha value is -1.42. The second kappa shape index (κ2) is 5.96. The molecule has 1 amide bonds. The molecule has 0 spiro atoms. The van der Waals surface area contributed by atoms with Crippen molar-refractivity contribution in [1.29, 1.82) is 0 Å². The molecule has 0 radical (unpaired) electrons. The standard InChI is InChI=1S/C14H19FN2O/c1-10-12(15)3-2-4-13(10)17-14(18)6-5-11-7-8-16-9-11/h2-4,11,16H,5-9H2,1H3,(H,17,18). The van der Waals surface area contributed by atoms with Crippen molar-refractivity contribution < 1.29 is 9.18 Å². The first-order valence-electron chi connectivity index (χ1n) is 6.42. The maximum Gasteiger partial charge on any atom is 0.224 e. The average molecular weight is 250 g/mol. The first kappa shape index (κ1) is 13.0. The highest BCUT2D eigenvalue weighted by atomic mass is 19.1. The maximum atomic E-state index is 13.3. The molecule has 1 aromatic carbocycles. The highest BCUT2D eigenvalue weighted by Gasteiger charge is 2.16. The van der Waals surface area contributed by atoms with Gasteiger partial charge in [-0.1, -0.05) is 6.07 Å². The smallest absolute Gasteiger partial charge is 0.224 e. The Kier molecular flexibility index (Phi) is 4.31. The summed E-state index contributed by atoms with van der Waals surface area (Å²) in [4.78, 5) is 11.8. The Morgan fingerprint density at radius 2 is 2.39 bits per heavy atom. The molecule has 1 saturated heterocycles. The van der Waals surface area contributed by atoms with Crippen LogP contribution in [0.5, 0.6) is 0 Å². The first-order valence-corrected chi connectivity index (χ1v) is 6.42. The van der Waals surface area contributed by atoms with Crippen LogP contribution in [0.25, 0.3) is 0 Å². The summed E-state index contributed by atoms with van der Waals surface area (Å²) in [6.07, 6.45) is 2.54. The van der Waals surface area contributed by atoms with Crippen LogP contribution in [-0.2, 0) is 4.79 Å². The van der Waals surface area contributed by atoms with Gasteiger partial charge >= 0.3 is 0 Å². The molecule has 98 valence electrons. The zero-order valence-electron chi connectivity index (χ0n) is 10.6. The van der Waals surface area contributed by atoms with Crippen LogP contribution in [0.1, 0.15) is 24.8 Å². The lowest BCUT2D eigenvalue weighted by Crippen LogP contribution is -2.15. The molecule has 3 nitrogen and oxygen atoms in total. The third-order valence-corrected chi connectivity index (χ3v) is 3.48.